The van der Waals surface area contributed by atoms with E-state index < -0.39 is 4.92 Å². The van der Waals surface area contributed by atoms with Gasteiger partial charge in [-0.15, -0.1) is 0 Å². The number of nitrogens with one attached hydrogen (secondary N) is 1. The molecule has 1 fully saturated rings. The molecule has 128 valence electrons. The average molecular weight is 337 g/mol. The van der Waals surface area contributed by atoms with Crippen LogP contribution >= 0.6 is 0 Å². The van der Waals surface area contributed by atoms with E-state index in [1.54, 1.807) is 6.07 Å². The molecule has 0 unspecified atom stereocenters. The molecule has 1 aliphatic heterocycles. The summed E-state index contributed by atoms with van der Waals surface area (Å²) in [5.41, 5.74) is 2.60. The molecular weight excluding hydrogens is 318 g/mol. The average Bonchev–Trinajstić information content (AvgIpc) is 3.14. The number of nitrogens with zero attached hydrogens (tertiary/aromatic N) is 4. The lowest BCUT2D eigenvalue weighted by atomic mass is 10.1. The largest absolute Gasteiger partial charge is 0.381 e. The predicted molar refractivity (Wildman–Crippen MR) is 95.6 cm³/mol. The zero-order valence-corrected chi connectivity index (χ0v) is 14.0. The molecule has 1 aromatic carbocycles. The van der Waals surface area contributed by atoms with Crippen LogP contribution in [0.3, 0.4) is 0 Å². The molecule has 0 aliphatic carbocycles. The molecule has 1 aliphatic rings. The monoisotopic (exact) mass is 337 g/mol. The summed E-state index contributed by atoms with van der Waals surface area (Å²) in [6, 6.07) is 10.4. The molecule has 3 rings (SSSR count). The molecular formula is C18H19N5O2. The van der Waals surface area contributed by atoms with E-state index in [-0.39, 0.29) is 11.3 Å². The number of hydrogen-bond acceptors (Lipinski definition) is 6. The minimum atomic E-state index is -0.544. The van der Waals surface area contributed by atoms with Crippen molar-refractivity contribution < 1.29 is 4.92 Å². The SMILES string of the molecule is Cc1ccc(CNc2ccc([N+](=O)[O-])c(C#N)c2)c(N2CCCC2)n1. The maximum absolute atomic E-state index is 10.9. The minimum absolute atomic E-state index is 0.0526. The second-order valence-electron chi connectivity index (χ2n) is 6.08. The number of nitro groups is 1. The van der Waals surface area contributed by atoms with Gasteiger partial charge in [0, 0.05) is 42.6 Å². The fourth-order valence-corrected chi connectivity index (χ4v) is 3.00. The second kappa shape index (κ2) is 7.18. The lowest BCUT2D eigenvalue weighted by Crippen LogP contribution is -2.21. The molecule has 0 spiro atoms. The Hall–Kier alpha value is -3.14. The number of anilines is 2. The van der Waals surface area contributed by atoms with Gasteiger partial charge in [-0.2, -0.15) is 5.26 Å². The third-order valence-electron chi connectivity index (χ3n) is 4.30. The number of aromatic nitrogens is 1. The van der Waals surface area contributed by atoms with Crippen molar-refractivity contribution in [3.8, 4) is 6.07 Å². The van der Waals surface area contributed by atoms with Gasteiger partial charge in [0.15, 0.2) is 0 Å². The van der Waals surface area contributed by atoms with Crippen LogP contribution in [0.15, 0.2) is 30.3 Å². The second-order valence-corrected chi connectivity index (χ2v) is 6.08. The van der Waals surface area contributed by atoms with Gasteiger partial charge < -0.3 is 10.2 Å². The summed E-state index contributed by atoms with van der Waals surface area (Å²) in [6.07, 6.45) is 2.35. The van der Waals surface area contributed by atoms with Crippen molar-refractivity contribution in [1.29, 1.82) is 5.26 Å². The van der Waals surface area contributed by atoms with E-state index in [0.717, 1.165) is 30.2 Å². The van der Waals surface area contributed by atoms with Gasteiger partial charge in [0.1, 0.15) is 17.5 Å². The van der Waals surface area contributed by atoms with E-state index in [1.807, 2.05) is 19.1 Å². The van der Waals surface area contributed by atoms with Gasteiger partial charge in [-0.1, -0.05) is 6.07 Å². The van der Waals surface area contributed by atoms with Crippen LogP contribution in [0.4, 0.5) is 17.2 Å². The molecule has 2 aromatic rings. The third kappa shape index (κ3) is 3.69. The van der Waals surface area contributed by atoms with Crippen LogP contribution < -0.4 is 10.2 Å². The van der Waals surface area contributed by atoms with E-state index in [4.69, 9.17) is 5.26 Å². The minimum Gasteiger partial charge on any atom is -0.381 e. The first-order valence-corrected chi connectivity index (χ1v) is 8.22. The molecule has 1 aromatic heterocycles. The van der Waals surface area contributed by atoms with E-state index in [0.29, 0.717) is 12.2 Å². The molecule has 25 heavy (non-hydrogen) atoms. The van der Waals surface area contributed by atoms with Crippen LogP contribution in [-0.2, 0) is 6.54 Å². The summed E-state index contributed by atoms with van der Waals surface area (Å²) in [7, 11) is 0. The quantitative estimate of drug-likeness (QED) is 0.664. The normalized spacial score (nSPS) is 13.5. The molecule has 7 heteroatoms. The van der Waals surface area contributed by atoms with Crippen molar-refractivity contribution in [1.82, 2.24) is 4.98 Å². The number of nitriles is 1. The number of nitro benzene ring substituents is 1. The lowest BCUT2D eigenvalue weighted by Gasteiger charge is -2.21. The summed E-state index contributed by atoms with van der Waals surface area (Å²) in [5.74, 6) is 0.993. The van der Waals surface area contributed by atoms with Gasteiger partial charge in [-0.3, -0.25) is 10.1 Å². The van der Waals surface area contributed by atoms with Crippen LogP contribution in [0.1, 0.15) is 29.7 Å². The Labute approximate surface area is 146 Å². The van der Waals surface area contributed by atoms with Crippen molar-refractivity contribution in [2.24, 2.45) is 0 Å². The zero-order valence-electron chi connectivity index (χ0n) is 14.0. The summed E-state index contributed by atoms with van der Waals surface area (Å²) in [5, 5.41) is 23.3. The van der Waals surface area contributed by atoms with Gasteiger partial charge in [-0.05, 0) is 38.0 Å². The zero-order chi connectivity index (χ0) is 17.8. The lowest BCUT2D eigenvalue weighted by molar-refractivity contribution is -0.385. The number of aryl methyl sites for hydroxylation is 1. The number of rotatable bonds is 5. The summed E-state index contributed by atoms with van der Waals surface area (Å²) < 4.78 is 0. The highest BCUT2D eigenvalue weighted by Gasteiger charge is 2.18. The maximum Gasteiger partial charge on any atom is 0.287 e. The Morgan fingerprint density at radius 1 is 1.32 bits per heavy atom. The van der Waals surface area contributed by atoms with Crippen LogP contribution in [0.5, 0.6) is 0 Å². The Morgan fingerprint density at radius 2 is 2.08 bits per heavy atom. The summed E-state index contributed by atoms with van der Waals surface area (Å²) in [6.45, 7) is 4.55. The van der Waals surface area contributed by atoms with Crippen LogP contribution in [0.25, 0.3) is 0 Å². The van der Waals surface area contributed by atoms with E-state index in [1.165, 1.54) is 25.0 Å². The van der Waals surface area contributed by atoms with Gasteiger partial charge in [0.2, 0.25) is 0 Å². The number of pyridine rings is 1. The van der Waals surface area contributed by atoms with Crippen LogP contribution in [0, 0.1) is 28.4 Å². The van der Waals surface area contributed by atoms with Crippen molar-refractivity contribution >= 4 is 17.2 Å². The van der Waals surface area contributed by atoms with E-state index in [9.17, 15) is 10.1 Å². The van der Waals surface area contributed by atoms with Gasteiger partial charge in [-0.25, -0.2) is 4.98 Å². The van der Waals surface area contributed by atoms with Gasteiger partial charge in [0.05, 0.1) is 4.92 Å². The first kappa shape index (κ1) is 16.7. The summed E-state index contributed by atoms with van der Waals surface area (Å²) >= 11 is 0. The molecule has 0 bridgehead atoms. The van der Waals surface area contributed by atoms with Crippen LogP contribution in [-0.4, -0.2) is 23.0 Å². The number of hydrogen-bond donors (Lipinski definition) is 1. The first-order valence-electron chi connectivity index (χ1n) is 8.22. The molecule has 0 saturated carbocycles. The molecule has 7 nitrogen and oxygen atoms in total. The van der Waals surface area contributed by atoms with Crippen LogP contribution in [0.2, 0.25) is 0 Å². The van der Waals surface area contributed by atoms with Crippen molar-refractivity contribution in [2.75, 3.05) is 23.3 Å². The molecule has 0 radical (unpaired) electrons. The Kier molecular flexibility index (Phi) is 4.80. The Bertz CT molecular complexity index is 838. The highest BCUT2D eigenvalue weighted by atomic mass is 16.6. The van der Waals surface area contributed by atoms with Crippen molar-refractivity contribution in [3.05, 3.63) is 57.3 Å². The third-order valence-corrected chi connectivity index (χ3v) is 4.30. The highest BCUT2D eigenvalue weighted by molar-refractivity contribution is 5.59. The number of benzene rings is 1. The molecule has 1 N–H and O–H groups in total. The maximum atomic E-state index is 10.9. The first-order chi connectivity index (χ1) is 12.1. The van der Waals surface area contributed by atoms with Gasteiger partial charge in [0.25, 0.3) is 5.69 Å². The van der Waals surface area contributed by atoms with Gasteiger partial charge >= 0.3 is 0 Å². The van der Waals surface area contributed by atoms with Crippen molar-refractivity contribution in [2.45, 2.75) is 26.3 Å². The highest BCUT2D eigenvalue weighted by Crippen LogP contribution is 2.25. The molecule has 2 heterocycles. The van der Waals surface area contributed by atoms with Crippen molar-refractivity contribution in [3.63, 3.8) is 0 Å². The standard InChI is InChI=1S/C18H19N5O2/c1-13-4-5-14(18(21-13)22-8-2-3-9-22)12-20-16-6-7-17(23(24)25)15(10-16)11-19/h4-7,10,20H,2-3,8-9,12H2,1H3. The predicted octanol–water partition coefficient (Wildman–Crippen LogP) is 3.38. The van der Waals surface area contributed by atoms with E-state index in [2.05, 4.69) is 21.3 Å². The fraction of sp³-hybridized carbons (Fsp3) is 0.333. The fourth-order valence-electron chi connectivity index (χ4n) is 3.00. The molecule has 1 saturated heterocycles. The Balaban J connectivity index is 1.80. The van der Waals surface area contributed by atoms with E-state index >= 15 is 0 Å². The smallest absolute Gasteiger partial charge is 0.287 e. The summed E-state index contributed by atoms with van der Waals surface area (Å²) in [4.78, 5) is 17.3. The topological polar surface area (TPSA) is 95.1 Å². The Morgan fingerprint density at radius 3 is 2.76 bits per heavy atom. The molecule has 0 atom stereocenters. The molecule has 0 amide bonds.